The molecule has 10 aromatic rings. The van der Waals surface area contributed by atoms with Crippen molar-refractivity contribution in [3.63, 3.8) is 0 Å². The molecular formula is C58H44N2. The van der Waals surface area contributed by atoms with Crippen LogP contribution in [-0.2, 0) is 12.8 Å². The third kappa shape index (κ3) is 6.29. The molecule has 0 fully saturated rings. The van der Waals surface area contributed by atoms with E-state index in [9.17, 15) is 0 Å². The summed E-state index contributed by atoms with van der Waals surface area (Å²) in [6.07, 6.45) is 2.86. The zero-order chi connectivity index (χ0) is 40.0. The van der Waals surface area contributed by atoms with Crippen LogP contribution >= 0.6 is 0 Å². The van der Waals surface area contributed by atoms with Crippen LogP contribution < -0.4 is 5.73 Å². The van der Waals surface area contributed by atoms with Crippen molar-refractivity contribution < 1.29 is 0 Å². The molecule has 9 aromatic carbocycles. The van der Waals surface area contributed by atoms with Gasteiger partial charge in [0.25, 0.3) is 0 Å². The Morgan fingerprint density at radius 3 is 1.73 bits per heavy atom. The number of para-hydroxylation sites is 1. The van der Waals surface area contributed by atoms with Gasteiger partial charge < -0.3 is 10.3 Å². The van der Waals surface area contributed by atoms with Crippen LogP contribution in [0.25, 0.3) is 72.0 Å². The summed E-state index contributed by atoms with van der Waals surface area (Å²) in [5.41, 5.74) is 28.0. The normalized spacial score (nSPS) is 13.1. The fraction of sp³-hybridized carbons (Fsp3) is 0.0690. The van der Waals surface area contributed by atoms with E-state index in [1.54, 1.807) is 0 Å². The summed E-state index contributed by atoms with van der Waals surface area (Å²) in [5.74, 6) is 0.284. The predicted octanol–water partition coefficient (Wildman–Crippen LogP) is 14.7. The first kappa shape index (κ1) is 35.7. The van der Waals surface area contributed by atoms with Crippen LogP contribution in [0, 0.1) is 0 Å². The molecule has 2 N–H and O–H groups in total. The minimum absolute atomic E-state index is 0.284. The summed E-state index contributed by atoms with van der Waals surface area (Å²) >= 11 is 0. The Bertz CT molecular complexity index is 3160. The maximum absolute atomic E-state index is 7.09. The van der Waals surface area contributed by atoms with Crippen LogP contribution in [0.15, 0.2) is 212 Å². The van der Waals surface area contributed by atoms with E-state index in [2.05, 4.69) is 217 Å². The third-order valence-electron chi connectivity index (χ3n) is 12.7. The van der Waals surface area contributed by atoms with Crippen LogP contribution in [0.5, 0.6) is 0 Å². The minimum Gasteiger partial charge on any atom is -0.398 e. The van der Waals surface area contributed by atoms with E-state index in [1.807, 2.05) is 0 Å². The molecule has 1 aliphatic carbocycles. The number of fused-ring (bicyclic) bond motifs is 7. The Morgan fingerprint density at radius 2 is 1.02 bits per heavy atom. The van der Waals surface area contributed by atoms with Gasteiger partial charge in [-0.2, -0.15) is 0 Å². The fourth-order valence-corrected chi connectivity index (χ4v) is 9.81. The van der Waals surface area contributed by atoms with Crippen molar-refractivity contribution in [2.45, 2.75) is 25.2 Å². The Balaban J connectivity index is 0.949. The first-order valence-electron chi connectivity index (χ1n) is 21.1. The molecule has 0 aliphatic heterocycles. The van der Waals surface area contributed by atoms with E-state index in [0.717, 1.165) is 36.2 Å². The Morgan fingerprint density at radius 1 is 0.433 bits per heavy atom. The largest absolute Gasteiger partial charge is 0.398 e. The highest BCUT2D eigenvalue weighted by atomic mass is 15.0. The molecule has 0 spiro atoms. The summed E-state index contributed by atoms with van der Waals surface area (Å²) in [5, 5.41) is 2.62. The molecule has 0 bridgehead atoms. The standard InChI is InChI=1S/C58H44N2/c59-54-38-46(32-34-50(54)47-18-8-7-17-45(47)37-40-25-30-44(31-26-40)42-15-5-2-6-16-42)60-55-22-12-11-21-53(55)58-56(60)36-35-52-49-20-10-9-19-48(49)51(57(52)58)33-27-39-23-28-43(29-24-39)41-13-3-1-4-14-41/h1-26,28-32,34-36,38,51H,27,33,37,59H2. The molecule has 0 amide bonds. The average Bonchev–Trinajstić information content (AvgIpc) is 3.82. The zero-order valence-corrected chi connectivity index (χ0v) is 33.4. The second-order valence-electron chi connectivity index (χ2n) is 16.2. The topological polar surface area (TPSA) is 30.9 Å². The number of hydrogen-bond donors (Lipinski definition) is 1. The van der Waals surface area contributed by atoms with E-state index in [4.69, 9.17) is 5.73 Å². The molecule has 0 saturated heterocycles. The molecule has 11 rings (SSSR count). The van der Waals surface area contributed by atoms with Gasteiger partial charge in [0.2, 0.25) is 0 Å². The number of nitrogens with zero attached hydrogens (tertiary/aromatic N) is 1. The van der Waals surface area contributed by atoms with E-state index in [-0.39, 0.29) is 5.92 Å². The molecular weight excluding hydrogens is 725 g/mol. The number of aryl methyl sites for hydroxylation is 1. The van der Waals surface area contributed by atoms with E-state index in [0.29, 0.717) is 0 Å². The van der Waals surface area contributed by atoms with Gasteiger partial charge in [-0.25, -0.2) is 0 Å². The summed E-state index contributed by atoms with van der Waals surface area (Å²) in [4.78, 5) is 0. The van der Waals surface area contributed by atoms with Gasteiger partial charge in [0.05, 0.1) is 11.0 Å². The molecule has 1 aromatic heterocycles. The number of aromatic nitrogens is 1. The van der Waals surface area contributed by atoms with Gasteiger partial charge >= 0.3 is 0 Å². The van der Waals surface area contributed by atoms with Gasteiger partial charge in [-0.1, -0.05) is 188 Å². The molecule has 1 unspecified atom stereocenters. The molecule has 286 valence electrons. The number of nitrogens with two attached hydrogens (primary N) is 1. The Kier molecular flexibility index (Phi) is 8.97. The molecule has 1 atom stereocenters. The van der Waals surface area contributed by atoms with Gasteiger partial charge in [0.1, 0.15) is 0 Å². The van der Waals surface area contributed by atoms with Gasteiger partial charge in [0, 0.05) is 33.6 Å². The van der Waals surface area contributed by atoms with Crippen molar-refractivity contribution >= 4 is 27.5 Å². The second-order valence-corrected chi connectivity index (χ2v) is 16.2. The van der Waals surface area contributed by atoms with Gasteiger partial charge in [-0.15, -0.1) is 0 Å². The lowest BCUT2D eigenvalue weighted by Crippen LogP contribution is -2.01. The van der Waals surface area contributed by atoms with Crippen LogP contribution in [-0.4, -0.2) is 4.57 Å². The van der Waals surface area contributed by atoms with E-state index >= 15 is 0 Å². The molecule has 2 heteroatoms. The Labute approximate surface area is 351 Å². The van der Waals surface area contributed by atoms with Crippen molar-refractivity contribution in [3.05, 3.63) is 240 Å². The first-order chi connectivity index (χ1) is 29.7. The van der Waals surface area contributed by atoms with E-state index < -0.39 is 0 Å². The van der Waals surface area contributed by atoms with Crippen molar-refractivity contribution in [1.29, 1.82) is 0 Å². The van der Waals surface area contributed by atoms with Crippen molar-refractivity contribution in [3.8, 4) is 50.2 Å². The van der Waals surface area contributed by atoms with Crippen LogP contribution in [0.3, 0.4) is 0 Å². The second kappa shape index (κ2) is 15.1. The summed E-state index contributed by atoms with van der Waals surface area (Å²) in [6.45, 7) is 0. The summed E-state index contributed by atoms with van der Waals surface area (Å²) in [7, 11) is 0. The molecule has 0 radical (unpaired) electrons. The average molecular weight is 769 g/mol. The monoisotopic (exact) mass is 768 g/mol. The SMILES string of the molecule is Nc1cc(-n2c3ccccc3c3c4c(ccc32)-c2ccccc2C4CCc2ccc(-c3ccccc3)cc2)ccc1-c1ccccc1Cc1ccc(-c2ccccc2)cc1. The van der Waals surface area contributed by atoms with Gasteiger partial charge in [0.15, 0.2) is 0 Å². The van der Waals surface area contributed by atoms with Crippen LogP contribution in [0.1, 0.15) is 40.2 Å². The van der Waals surface area contributed by atoms with Crippen molar-refractivity contribution in [2.24, 2.45) is 0 Å². The predicted molar refractivity (Wildman–Crippen MR) is 253 cm³/mol. The van der Waals surface area contributed by atoms with Crippen molar-refractivity contribution in [1.82, 2.24) is 4.57 Å². The number of anilines is 1. The quantitative estimate of drug-likeness (QED) is 0.146. The molecule has 1 heterocycles. The number of hydrogen-bond acceptors (Lipinski definition) is 1. The zero-order valence-electron chi connectivity index (χ0n) is 33.4. The lowest BCUT2D eigenvalue weighted by molar-refractivity contribution is 0.734. The lowest BCUT2D eigenvalue weighted by atomic mass is 9.88. The van der Waals surface area contributed by atoms with Gasteiger partial charge in [-0.3, -0.25) is 0 Å². The minimum atomic E-state index is 0.284. The summed E-state index contributed by atoms with van der Waals surface area (Å²) in [6, 6.07) is 77.3. The maximum atomic E-state index is 7.09. The highest BCUT2D eigenvalue weighted by Crippen LogP contribution is 2.52. The smallest absolute Gasteiger partial charge is 0.0544 e. The lowest BCUT2D eigenvalue weighted by Gasteiger charge is -2.16. The number of benzene rings is 9. The maximum Gasteiger partial charge on any atom is 0.0544 e. The van der Waals surface area contributed by atoms with Gasteiger partial charge in [-0.05, 0) is 110 Å². The third-order valence-corrected chi connectivity index (χ3v) is 12.7. The fourth-order valence-electron chi connectivity index (χ4n) is 9.81. The molecule has 60 heavy (non-hydrogen) atoms. The molecule has 0 saturated carbocycles. The number of nitrogen functional groups attached to an aromatic ring is 1. The van der Waals surface area contributed by atoms with Crippen LogP contribution in [0.2, 0.25) is 0 Å². The Hall–Kier alpha value is -7.42. The highest BCUT2D eigenvalue weighted by Gasteiger charge is 2.32. The molecule has 2 nitrogen and oxygen atoms in total. The summed E-state index contributed by atoms with van der Waals surface area (Å²) < 4.78 is 2.42. The van der Waals surface area contributed by atoms with Crippen molar-refractivity contribution in [2.75, 3.05) is 5.73 Å². The number of rotatable bonds is 9. The molecule has 1 aliphatic rings. The highest BCUT2D eigenvalue weighted by molar-refractivity contribution is 6.14. The first-order valence-corrected chi connectivity index (χ1v) is 21.1. The van der Waals surface area contributed by atoms with E-state index in [1.165, 1.54) is 88.6 Å². The van der Waals surface area contributed by atoms with Crippen LogP contribution in [0.4, 0.5) is 5.69 Å².